The summed E-state index contributed by atoms with van der Waals surface area (Å²) in [6.07, 6.45) is 6.65. The van der Waals surface area contributed by atoms with Gasteiger partial charge in [-0.25, -0.2) is 0 Å². The summed E-state index contributed by atoms with van der Waals surface area (Å²) >= 11 is 12.3. The lowest BCUT2D eigenvalue weighted by atomic mass is 9.84. The summed E-state index contributed by atoms with van der Waals surface area (Å²) in [6.45, 7) is 0. The molecule has 1 aromatic rings. The van der Waals surface area contributed by atoms with Crippen molar-refractivity contribution < 1.29 is 0 Å². The second kappa shape index (κ2) is 4.79. The van der Waals surface area contributed by atoms with Gasteiger partial charge in [-0.2, -0.15) is 0 Å². The molecule has 2 fully saturated rings. The summed E-state index contributed by atoms with van der Waals surface area (Å²) in [7, 11) is 0. The molecule has 1 aliphatic heterocycles. The lowest BCUT2D eigenvalue weighted by Crippen LogP contribution is -2.30. The zero-order chi connectivity index (χ0) is 11.8. The van der Waals surface area contributed by atoms with E-state index in [1.54, 1.807) is 0 Å². The van der Waals surface area contributed by atoms with Crippen LogP contribution in [0.1, 0.15) is 43.7 Å². The van der Waals surface area contributed by atoms with Gasteiger partial charge in [-0.3, -0.25) is 0 Å². The standard InChI is InChI=1S/C14H17Cl2N/c15-10-5-6-12(16)11(8-10)14-7-9-3-1-2-4-13(9)17-14/h5-6,8-9,13-14,17H,1-4,7H2. The molecule has 1 saturated carbocycles. The molecule has 1 N–H and O–H groups in total. The number of hydrogen-bond acceptors (Lipinski definition) is 1. The zero-order valence-corrected chi connectivity index (χ0v) is 11.3. The van der Waals surface area contributed by atoms with Gasteiger partial charge in [0, 0.05) is 22.1 Å². The van der Waals surface area contributed by atoms with Crippen molar-refractivity contribution in [3.8, 4) is 0 Å². The third kappa shape index (κ3) is 2.33. The second-order valence-corrected chi connectivity index (χ2v) is 6.12. The molecule has 1 aliphatic carbocycles. The van der Waals surface area contributed by atoms with Crippen LogP contribution in [0.5, 0.6) is 0 Å². The summed E-state index contributed by atoms with van der Waals surface area (Å²) in [5, 5.41) is 5.35. The minimum absolute atomic E-state index is 0.397. The van der Waals surface area contributed by atoms with E-state index in [1.807, 2.05) is 18.2 Å². The lowest BCUT2D eigenvalue weighted by molar-refractivity contribution is 0.325. The molecule has 92 valence electrons. The van der Waals surface area contributed by atoms with E-state index in [2.05, 4.69) is 5.32 Å². The van der Waals surface area contributed by atoms with E-state index in [0.717, 1.165) is 16.0 Å². The summed E-state index contributed by atoms with van der Waals surface area (Å²) < 4.78 is 0. The first-order valence-corrected chi connectivity index (χ1v) is 7.20. The molecule has 1 aromatic carbocycles. The maximum Gasteiger partial charge on any atom is 0.0454 e. The van der Waals surface area contributed by atoms with Crippen LogP contribution in [0.3, 0.4) is 0 Å². The van der Waals surface area contributed by atoms with Gasteiger partial charge in [0.1, 0.15) is 0 Å². The number of nitrogens with one attached hydrogen (secondary N) is 1. The highest BCUT2D eigenvalue weighted by atomic mass is 35.5. The van der Waals surface area contributed by atoms with Gasteiger partial charge < -0.3 is 5.32 Å². The molecule has 3 rings (SSSR count). The first-order valence-electron chi connectivity index (χ1n) is 6.45. The van der Waals surface area contributed by atoms with Crippen LogP contribution in [0.2, 0.25) is 10.0 Å². The fourth-order valence-corrected chi connectivity index (χ4v) is 3.77. The summed E-state index contributed by atoms with van der Waals surface area (Å²) in [4.78, 5) is 0. The van der Waals surface area contributed by atoms with E-state index >= 15 is 0 Å². The van der Waals surface area contributed by atoms with Crippen molar-refractivity contribution in [2.75, 3.05) is 0 Å². The third-order valence-corrected chi connectivity index (χ3v) is 4.78. The van der Waals surface area contributed by atoms with E-state index in [1.165, 1.54) is 37.7 Å². The van der Waals surface area contributed by atoms with Crippen molar-refractivity contribution in [2.24, 2.45) is 5.92 Å². The minimum atomic E-state index is 0.397. The Labute approximate surface area is 112 Å². The summed E-state index contributed by atoms with van der Waals surface area (Å²) in [5.41, 5.74) is 1.17. The van der Waals surface area contributed by atoms with Crippen LogP contribution in [0, 0.1) is 5.92 Å². The van der Waals surface area contributed by atoms with Crippen LogP contribution in [0.15, 0.2) is 18.2 Å². The van der Waals surface area contributed by atoms with Gasteiger partial charge in [-0.15, -0.1) is 0 Å². The van der Waals surface area contributed by atoms with Gasteiger partial charge in [-0.1, -0.05) is 36.0 Å². The van der Waals surface area contributed by atoms with Crippen LogP contribution >= 0.6 is 23.2 Å². The van der Waals surface area contributed by atoms with Crippen molar-refractivity contribution in [1.82, 2.24) is 5.32 Å². The Hall–Kier alpha value is -0.240. The quantitative estimate of drug-likeness (QED) is 0.787. The predicted octanol–water partition coefficient (Wildman–Crippen LogP) is 4.59. The Bertz CT molecular complexity index is 405. The molecule has 3 atom stereocenters. The molecular formula is C14H17Cl2N. The molecule has 1 saturated heterocycles. The molecule has 17 heavy (non-hydrogen) atoms. The van der Waals surface area contributed by atoms with Crippen molar-refractivity contribution in [2.45, 2.75) is 44.2 Å². The van der Waals surface area contributed by atoms with Crippen molar-refractivity contribution in [3.63, 3.8) is 0 Å². The Kier molecular flexibility index (Phi) is 3.34. The molecule has 1 heterocycles. The number of halogens is 2. The molecule has 0 radical (unpaired) electrons. The molecule has 0 aromatic heterocycles. The Morgan fingerprint density at radius 3 is 2.76 bits per heavy atom. The zero-order valence-electron chi connectivity index (χ0n) is 9.76. The highest BCUT2D eigenvalue weighted by Crippen LogP contribution is 2.41. The van der Waals surface area contributed by atoms with Crippen LogP contribution in [0.25, 0.3) is 0 Å². The lowest BCUT2D eigenvalue weighted by Gasteiger charge is -2.24. The van der Waals surface area contributed by atoms with Crippen LogP contribution in [-0.2, 0) is 0 Å². The molecule has 3 unspecified atom stereocenters. The fourth-order valence-electron chi connectivity index (χ4n) is 3.34. The highest BCUT2D eigenvalue weighted by Gasteiger charge is 2.36. The third-order valence-electron chi connectivity index (χ3n) is 4.20. The van der Waals surface area contributed by atoms with Gasteiger partial charge >= 0.3 is 0 Å². The first kappa shape index (κ1) is 11.8. The SMILES string of the molecule is Clc1ccc(Cl)c(C2CC3CCCCC3N2)c1. The van der Waals surface area contributed by atoms with E-state index in [4.69, 9.17) is 23.2 Å². The maximum absolute atomic E-state index is 6.28. The highest BCUT2D eigenvalue weighted by molar-refractivity contribution is 6.33. The Morgan fingerprint density at radius 1 is 1.12 bits per heavy atom. The van der Waals surface area contributed by atoms with Crippen LogP contribution < -0.4 is 5.32 Å². The number of hydrogen-bond donors (Lipinski definition) is 1. The van der Waals surface area contributed by atoms with Crippen LogP contribution in [-0.4, -0.2) is 6.04 Å². The number of benzene rings is 1. The van der Waals surface area contributed by atoms with E-state index in [-0.39, 0.29) is 0 Å². The molecule has 1 nitrogen and oxygen atoms in total. The second-order valence-electron chi connectivity index (χ2n) is 5.27. The average molecular weight is 270 g/mol. The number of fused-ring (bicyclic) bond motifs is 1. The molecule has 0 spiro atoms. The molecule has 0 amide bonds. The van der Waals surface area contributed by atoms with Gasteiger partial charge in [0.2, 0.25) is 0 Å². The van der Waals surface area contributed by atoms with Gasteiger partial charge in [-0.05, 0) is 48.9 Å². The molecule has 0 bridgehead atoms. The van der Waals surface area contributed by atoms with E-state index < -0.39 is 0 Å². The monoisotopic (exact) mass is 269 g/mol. The Balaban J connectivity index is 1.83. The topological polar surface area (TPSA) is 12.0 Å². The van der Waals surface area contributed by atoms with E-state index in [9.17, 15) is 0 Å². The maximum atomic E-state index is 6.28. The number of rotatable bonds is 1. The summed E-state index contributed by atoms with van der Waals surface area (Å²) in [5.74, 6) is 0.837. The van der Waals surface area contributed by atoms with Gasteiger partial charge in [0.25, 0.3) is 0 Å². The largest absolute Gasteiger partial charge is 0.307 e. The summed E-state index contributed by atoms with van der Waals surface area (Å²) in [6, 6.07) is 6.87. The molecular weight excluding hydrogens is 253 g/mol. The van der Waals surface area contributed by atoms with Crippen LogP contribution in [0.4, 0.5) is 0 Å². The smallest absolute Gasteiger partial charge is 0.0454 e. The van der Waals surface area contributed by atoms with Crippen molar-refractivity contribution >= 4 is 23.2 Å². The van der Waals surface area contributed by atoms with Gasteiger partial charge in [0.05, 0.1) is 0 Å². The minimum Gasteiger partial charge on any atom is -0.307 e. The first-order chi connectivity index (χ1) is 8.24. The van der Waals surface area contributed by atoms with Crippen molar-refractivity contribution in [1.29, 1.82) is 0 Å². The predicted molar refractivity (Wildman–Crippen MR) is 72.7 cm³/mol. The Morgan fingerprint density at radius 2 is 1.94 bits per heavy atom. The van der Waals surface area contributed by atoms with Gasteiger partial charge in [0.15, 0.2) is 0 Å². The average Bonchev–Trinajstić information content (AvgIpc) is 2.75. The van der Waals surface area contributed by atoms with Crippen molar-refractivity contribution in [3.05, 3.63) is 33.8 Å². The molecule has 3 heteroatoms. The normalized spacial score (nSPS) is 32.5. The fraction of sp³-hybridized carbons (Fsp3) is 0.571. The molecule has 2 aliphatic rings. The van der Waals surface area contributed by atoms with E-state index in [0.29, 0.717) is 12.1 Å².